The van der Waals surface area contributed by atoms with Crippen LogP contribution in [0.5, 0.6) is 0 Å². The molecule has 13 heavy (non-hydrogen) atoms. The predicted octanol–water partition coefficient (Wildman–Crippen LogP) is 2.17. The lowest BCUT2D eigenvalue weighted by atomic mass is 10.2. The van der Waals surface area contributed by atoms with Gasteiger partial charge in [-0.25, -0.2) is 9.97 Å². The molecular formula is C10H15N3. The summed E-state index contributed by atoms with van der Waals surface area (Å²) in [6, 6.07) is 0. The smallest absolute Gasteiger partial charge is 0.154 e. The normalized spacial score (nSPS) is 10.8. The number of aryl methyl sites for hydroxylation is 1. The van der Waals surface area contributed by atoms with Crippen LogP contribution in [0.15, 0.2) is 6.08 Å². The highest BCUT2D eigenvalue weighted by atomic mass is 15.0. The Labute approximate surface area is 78.9 Å². The molecule has 1 rings (SSSR count). The lowest BCUT2D eigenvalue weighted by molar-refractivity contribution is 1.04. The zero-order valence-electron chi connectivity index (χ0n) is 8.55. The van der Waals surface area contributed by atoms with Gasteiger partial charge in [-0.15, -0.1) is 0 Å². The lowest BCUT2D eigenvalue weighted by Gasteiger charge is -2.07. The SMILES string of the molecule is C/C=C/c1nc(C)c(C)c(NC)n1. The molecule has 0 saturated heterocycles. The molecule has 1 heterocycles. The standard InChI is InChI=1S/C10H15N3/c1-5-6-9-12-8(3)7(2)10(11-4)13-9/h5-6H,1-4H3,(H,11,12,13)/b6-5+. The summed E-state index contributed by atoms with van der Waals surface area (Å²) in [5, 5.41) is 3.05. The van der Waals surface area contributed by atoms with E-state index >= 15 is 0 Å². The Hall–Kier alpha value is -1.38. The van der Waals surface area contributed by atoms with Gasteiger partial charge in [0, 0.05) is 18.3 Å². The van der Waals surface area contributed by atoms with Gasteiger partial charge in [0.2, 0.25) is 0 Å². The second-order valence-electron chi connectivity index (χ2n) is 2.89. The maximum Gasteiger partial charge on any atom is 0.154 e. The van der Waals surface area contributed by atoms with Crippen molar-refractivity contribution in [2.75, 3.05) is 12.4 Å². The molecule has 0 atom stereocenters. The summed E-state index contributed by atoms with van der Waals surface area (Å²) >= 11 is 0. The van der Waals surface area contributed by atoms with E-state index in [2.05, 4.69) is 15.3 Å². The fourth-order valence-electron chi connectivity index (χ4n) is 1.12. The summed E-state index contributed by atoms with van der Waals surface area (Å²) in [6.45, 7) is 5.96. The molecule has 0 amide bonds. The van der Waals surface area contributed by atoms with Gasteiger partial charge >= 0.3 is 0 Å². The molecule has 3 nitrogen and oxygen atoms in total. The quantitative estimate of drug-likeness (QED) is 0.752. The van der Waals surface area contributed by atoms with Crippen LogP contribution in [0.4, 0.5) is 5.82 Å². The number of aromatic nitrogens is 2. The van der Waals surface area contributed by atoms with Crippen LogP contribution >= 0.6 is 0 Å². The van der Waals surface area contributed by atoms with Gasteiger partial charge in [-0.1, -0.05) is 6.08 Å². The van der Waals surface area contributed by atoms with Crippen molar-refractivity contribution < 1.29 is 0 Å². The van der Waals surface area contributed by atoms with Crippen LogP contribution in [0.3, 0.4) is 0 Å². The van der Waals surface area contributed by atoms with Gasteiger partial charge in [0.05, 0.1) is 0 Å². The number of rotatable bonds is 2. The van der Waals surface area contributed by atoms with E-state index in [1.807, 2.05) is 40.0 Å². The van der Waals surface area contributed by atoms with E-state index in [1.165, 1.54) is 0 Å². The van der Waals surface area contributed by atoms with Crippen molar-refractivity contribution >= 4 is 11.9 Å². The topological polar surface area (TPSA) is 37.8 Å². The Morgan fingerprint density at radius 2 is 1.92 bits per heavy atom. The molecule has 0 radical (unpaired) electrons. The molecule has 0 saturated carbocycles. The molecule has 0 aromatic carbocycles. The molecule has 1 aromatic rings. The largest absolute Gasteiger partial charge is 0.373 e. The molecule has 0 aliphatic rings. The van der Waals surface area contributed by atoms with E-state index in [1.54, 1.807) is 0 Å². The fourth-order valence-corrected chi connectivity index (χ4v) is 1.12. The third kappa shape index (κ3) is 2.05. The number of nitrogens with one attached hydrogen (secondary N) is 1. The summed E-state index contributed by atoms with van der Waals surface area (Å²) in [5.41, 5.74) is 2.13. The van der Waals surface area contributed by atoms with Crippen LogP contribution in [0.25, 0.3) is 6.08 Å². The van der Waals surface area contributed by atoms with Crippen molar-refractivity contribution in [3.8, 4) is 0 Å². The van der Waals surface area contributed by atoms with Gasteiger partial charge in [0.1, 0.15) is 5.82 Å². The van der Waals surface area contributed by atoms with Crippen molar-refractivity contribution in [2.45, 2.75) is 20.8 Å². The average molecular weight is 177 g/mol. The maximum atomic E-state index is 4.33. The van der Waals surface area contributed by atoms with Crippen molar-refractivity contribution in [1.29, 1.82) is 0 Å². The highest BCUT2D eigenvalue weighted by Crippen LogP contribution is 2.14. The number of hydrogen-bond acceptors (Lipinski definition) is 3. The highest BCUT2D eigenvalue weighted by Gasteiger charge is 2.03. The van der Waals surface area contributed by atoms with Crippen LogP contribution < -0.4 is 5.32 Å². The predicted molar refractivity (Wildman–Crippen MR) is 55.8 cm³/mol. The Morgan fingerprint density at radius 1 is 1.23 bits per heavy atom. The summed E-state index contributed by atoms with van der Waals surface area (Å²) in [5.74, 6) is 1.66. The van der Waals surface area contributed by atoms with E-state index in [9.17, 15) is 0 Å². The minimum atomic E-state index is 0.759. The van der Waals surface area contributed by atoms with Crippen LogP contribution in [-0.2, 0) is 0 Å². The number of nitrogens with zero attached hydrogens (tertiary/aromatic N) is 2. The Balaban J connectivity index is 3.21. The zero-order chi connectivity index (χ0) is 9.84. The second kappa shape index (κ2) is 4.03. The highest BCUT2D eigenvalue weighted by molar-refractivity contribution is 5.50. The summed E-state index contributed by atoms with van der Waals surface area (Å²) < 4.78 is 0. The van der Waals surface area contributed by atoms with E-state index in [0.717, 1.165) is 22.9 Å². The lowest BCUT2D eigenvalue weighted by Crippen LogP contribution is -2.02. The van der Waals surface area contributed by atoms with E-state index in [4.69, 9.17) is 0 Å². The summed E-state index contributed by atoms with van der Waals surface area (Å²) in [7, 11) is 1.87. The summed E-state index contributed by atoms with van der Waals surface area (Å²) in [6.07, 6.45) is 3.83. The second-order valence-corrected chi connectivity index (χ2v) is 2.89. The van der Waals surface area contributed by atoms with Gasteiger partial charge in [-0.2, -0.15) is 0 Å². The Kier molecular flexibility index (Phi) is 3.01. The molecule has 0 aliphatic heterocycles. The Morgan fingerprint density at radius 3 is 2.46 bits per heavy atom. The first kappa shape index (κ1) is 9.71. The molecule has 0 bridgehead atoms. The average Bonchev–Trinajstić information content (AvgIpc) is 2.11. The molecular weight excluding hydrogens is 162 g/mol. The van der Waals surface area contributed by atoms with Crippen LogP contribution in [0, 0.1) is 13.8 Å². The molecule has 1 N–H and O–H groups in total. The van der Waals surface area contributed by atoms with Crippen LogP contribution in [-0.4, -0.2) is 17.0 Å². The van der Waals surface area contributed by atoms with E-state index in [-0.39, 0.29) is 0 Å². The van der Waals surface area contributed by atoms with Gasteiger partial charge < -0.3 is 5.32 Å². The molecule has 0 spiro atoms. The first-order chi connectivity index (χ1) is 6.19. The monoisotopic (exact) mass is 177 g/mol. The third-order valence-corrected chi connectivity index (χ3v) is 1.96. The van der Waals surface area contributed by atoms with Crippen molar-refractivity contribution in [3.63, 3.8) is 0 Å². The Bertz CT molecular complexity index is 329. The first-order valence-corrected chi connectivity index (χ1v) is 4.34. The zero-order valence-corrected chi connectivity index (χ0v) is 8.55. The molecule has 70 valence electrons. The van der Waals surface area contributed by atoms with Gasteiger partial charge in [-0.05, 0) is 26.8 Å². The van der Waals surface area contributed by atoms with Gasteiger partial charge in [0.25, 0.3) is 0 Å². The van der Waals surface area contributed by atoms with Crippen molar-refractivity contribution in [1.82, 2.24) is 9.97 Å². The van der Waals surface area contributed by atoms with Crippen molar-refractivity contribution in [2.24, 2.45) is 0 Å². The molecule has 0 aliphatic carbocycles. The number of anilines is 1. The molecule has 1 aromatic heterocycles. The van der Waals surface area contributed by atoms with Gasteiger partial charge in [0.15, 0.2) is 5.82 Å². The van der Waals surface area contributed by atoms with E-state index < -0.39 is 0 Å². The van der Waals surface area contributed by atoms with Gasteiger partial charge in [-0.3, -0.25) is 0 Å². The van der Waals surface area contributed by atoms with Crippen LogP contribution in [0.1, 0.15) is 24.0 Å². The number of hydrogen-bond donors (Lipinski definition) is 1. The maximum absolute atomic E-state index is 4.33. The van der Waals surface area contributed by atoms with Crippen LogP contribution in [0.2, 0.25) is 0 Å². The molecule has 0 fully saturated rings. The molecule has 0 unspecified atom stereocenters. The fraction of sp³-hybridized carbons (Fsp3) is 0.400. The van der Waals surface area contributed by atoms with E-state index in [0.29, 0.717) is 0 Å². The minimum Gasteiger partial charge on any atom is -0.373 e. The van der Waals surface area contributed by atoms with Crippen molar-refractivity contribution in [3.05, 3.63) is 23.2 Å². The molecule has 3 heteroatoms. The number of allylic oxidation sites excluding steroid dienone is 1. The minimum absolute atomic E-state index is 0.759. The summed E-state index contributed by atoms with van der Waals surface area (Å²) in [4.78, 5) is 8.67. The first-order valence-electron chi connectivity index (χ1n) is 4.34. The third-order valence-electron chi connectivity index (χ3n) is 1.96.